The van der Waals surface area contributed by atoms with E-state index in [1.165, 1.54) is 32.4 Å². The maximum absolute atomic E-state index is 9.64. The Morgan fingerprint density at radius 1 is 0.594 bits per heavy atom. The maximum Gasteiger partial charge on any atom is 0.116 e. The smallest absolute Gasteiger partial charge is 0.116 e. The molecule has 32 heavy (non-hydrogen) atoms. The first-order chi connectivity index (χ1) is 15.8. The highest BCUT2D eigenvalue weighted by molar-refractivity contribution is 7.95. The molecule has 0 spiro atoms. The van der Waals surface area contributed by atoms with Gasteiger partial charge >= 0.3 is 0 Å². The first-order valence-electron chi connectivity index (χ1n) is 11.1. The SMILES string of the molecule is OCCn1cc(C[P+](c2ccccc2)(c2ccccc2)c2ccccc2)c2ccccc21. The Kier molecular flexibility index (Phi) is 5.90. The first kappa shape index (κ1) is 20.7. The van der Waals surface area contributed by atoms with Crippen LogP contribution in [-0.4, -0.2) is 16.3 Å². The molecule has 0 saturated heterocycles. The zero-order valence-electron chi connectivity index (χ0n) is 18.0. The Hall–Kier alpha value is -3.19. The Labute approximate surface area is 190 Å². The molecule has 2 nitrogen and oxygen atoms in total. The number of hydrogen-bond donors (Lipinski definition) is 1. The fraction of sp³-hybridized carbons (Fsp3) is 0.103. The zero-order valence-corrected chi connectivity index (χ0v) is 18.9. The summed E-state index contributed by atoms with van der Waals surface area (Å²) in [7, 11) is -1.96. The minimum absolute atomic E-state index is 0.133. The lowest BCUT2D eigenvalue weighted by molar-refractivity contribution is 0.278. The summed E-state index contributed by atoms with van der Waals surface area (Å²) in [5.74, 6) is 0. The Balaban J connectivity index is 1.79. The van der Waals surface area contributed by atoms with Gasteiger partial charge in [-0.25, -0.2) is 0 Å². The minimum Gasteiger partial charge on any atom is -0.395 e. The second-order valence-electron chi connectivity index (χ2n) is 8.06. The maximum atomic E-state index is 9.64. The van der Waals surface area contributed by atoms with Crippen molar-refractivity contribution in [1.82, 2.24) is 4.57 Å². The molecule has 0 unspecified atom stereocenters. The molecule has 0 fully saturated rings. The number of para-hydroxylation sites is 1. The van der Waals surface area contributed by atoms with Gasteiger partial charge in [-0.1, -0.05) is 72.8 Å². The quantitative estimate of drug-likeness (QED) is 0.352. The molecule has 0 aliphatic heterocycles. The lowest BCUT2D eigenvalue weighted by Crippen LogP contribution is -2.32. The van der Waals surface area contributed by atoms with E-state index in [4.69, 9.17) is 0 Å². The molecule has 1 aromatic heterocycles. The summed E-state index contributed by atoms with van der Waals surface area (Å²) < 4.78 is 2.19. The van der Waals surface area contributed by atoms with Crippen molar-refractivity contribution in [2.45, 2.75) is 12.7 Å². The summed E-state index contributed by atoms with van der Waals surface area (Å²) in [6.45, 7) is 0.739. The zero-order chi connectivity index (χ0) is 21.8. The molecule has 3 heteroatoms. The molecule has 0 radical (unpaired) electrons. The molecule has 0 bridgehead atoms. The highest BCUT2D eigenvalue weighted by Crippen LogP contribution is 2.58. The third kappa shape index (κ3) is 3.66. The van der Waals surface area contributed by atoms with Crippen molar-refractivity contribution < 1.29 is 5.11 Å². The second-order valence-corrected chi connectivity index (χ2v) is 11.5. The van der Waals surface area contributed by atoms with E-state index >= 15 is 0 Å². The third-order valence-corrected chi connectivity index (χ3v) is 10.6. The number of aliphatic hydroxyl groups excluding tert-OH is 1. The van der Waals surface area contributed by atoms with Crippen LogP contribution in [0.15, 0.2) is 121 Å². The van der Waals surface area contributed by atoms with Crippen molar-refractivity contribution >= 4 is 34.1 Å². The van der Waals surface area contributed by atoms with Crippen LogP contribution >= 0.6 is 7.26 Å². The average molecular weight is 437 g/mol. The largest absolute Gasteiger partial charge is 0.395 e. The van der Waals surface area contributed by atoms with E-state index in [1.807, 2.05) is 0 Å². The van der Waals surface area contributed by atoms with E-state index in [0.717, 1.165) is 6.16 Å². The van der Waals surface area contributed by atoms with Crippen molar-refractivity contribution in [2.24, 2.45) is 0 Å². The summed E-state index contributed by atoms with van der Waals surface area (Å²) in [5.41, 5.74) is 2.52. The Morgan fingerprint density at radius 3 is 1.56 bits per heavy atom. The molecule has 0 amide bonds. The van der Waals surface area contributed by atoms with Gasteiger partial charge in [-0.2, -0.15) is 0 Å². The van der Waals surface area contributed by atoms with Crippen molar-refractivity contribution in [2.75, 3.05) is 6.61 Å². The van der Waals surface area contributed by atoms with Gasteiger partial charge in [-0.15, -0.1) is 0 Å². The van der Waals surface area contributed by atoms with E-state index < -0.39 is 7.26 Å². The molecule has 0 atom stereocenters. The molecule has 4 aromatic carbocycles. The van der Waals surface area contributed by atoms with Crippen LogP contribution in [0.25, 0.3) is 10.9 Å². The van der Waals surface area contributed by atoms with Gasteiger partial charge in [0.25, 0.3) is 0 Å². The van der Waals surface area contributed by atoms with E-state index in [2.05, 4.69) is 126 Å². The van der Waals surface area contributed by atoms with Gasteiger partial charge in [0, 0.05) is 29.2 Å². The van der Waals surface area contributed by atoms with Crippen LogP contribution in [0.3, 0.4) is 0 Å². The van der Waals surface area contributed by atoms with Gasteiger partial charge in [-0.05, 0) is 42.5 Å². The molecular weight excluding hydrogens is 409 g/mol. The number of nitrogens with zero attached hydrogens (tertiary/aromatic N) is 1. The van der Waals surface area contributed by atoms with Gasteiger partial charge in [-0.3, -0.25) is 0 Å². The average Bonchev–Trinajstić information content (AvgIpc) is 3.21. The molecule has 1 N–H and O–H groups in total. The molecule has 0 aliphatic rings. The van der Waals surface area contributed by atoms with Crippen LogP contribution in [0.2, 0.25) is 0 Å². The number of aliphatic hydroxyl groups is 1. The van der Waals surface area contributed by atoms with E-state index in [9.17, 15) is 5.11 Å². The molecule has 5 rings (SSSR count). The minimum atomic E-state index is -1.96. The van der Waals surface area contributed by atoms with Crippen molar-refractivity contribution in [3.05, 3.63) is 127 Å². The second kappa shape index (κ2) is 9.12. The molecule has 0 aliphatic carbocycles. The van der Waals surface area contributed by atoms with Crippen LogP contribution < -0.4 is 15.9 Å². The van der Waals surface area contributed by atoms with Gasteiger partial charge in [0.05, 0.1) is 6.61 Å². The number of benzene rings is 4. The number of aromatic nitrogens is 1. The van der Waals surface area contributed by atoms with Crippen LogP contribution in [0.5, 0.6) is 0 Å². The fourth-order valence-corrected chi connectivity index (χ4v) is 9.01. The summed E-state index contributed by atoms with van der Waals surface area (Å²) in [5, 5.41) is 15.1. The predicted molar refractivity (Wildman–Crippen MR) is 138 cm³/mol. The fourth-order valence-electron chi connectivity index (χ4n) is 4.77. The molecular formula is C29H27NOP+. The number of fused-ring (bicyclic) bond motifs is 1. The molecule has 0 saturated carbocycles. The van der Waals surface area contributed by atoms with Crippen molar-refractivity contribution in [1.29, 1.82) is 0 Å². The topological polar surface area (TPSA) is 25.2 Å². The summed E-state index contributed by atoms with van der Waals surface area (Å²) in [6.07, 6.45) is 3.19. The number of rotatable bonds is 7. The molecule has 5 aromatic rings. The van der Waals surface area contributed by atoms with E-state index in [-0.39, 0.29) is 6.61 Å². The van der Waals surface area contributed by atoms with Crippen LogP contribution in [0.1, 0.15) is 5.56 Å². The van der Waals surface area contributed by atoms with Gasteiger partial charge in [0.1, 0.15) is 29.3 Å². The highest BCUT2D eigenvalue weighted by atomic mass is 31.2. The van der Waals surface area contributed by atoms with Crippen molar-refractivity contribution in [3.63, 3.8) is 0 Å². The lowest BCUT2D eigenvalue weighted by Gasteiger charge is -2.27. The number of hydrogen-bond acceptors (Lipinski definition) is 1. The van der Waals surface area contributed by atoms with Gasteiger partial charge < -0.3 is 9.67 Å². The van der Waals surface area contributed by atoms with Crippen LogP contribution in [0.4, 0.5) is 0 Å². The summed E-state index contributed by atoms with van der Waals surface area (Å²) in [6, 6.07) is 41.6. The normalized spacial score (nSPS) is 11.7. The molecule has 158 valence electrons. The van der Waals surface area contributed by atoms with Crippen molar-refractivity contribution in [3.8, 4) is 0 Å². The molecule has 1 heterocycles. The first-order valence-corrected chi connectivity index (χ1v) is 13.0. The summed E-state index contributed by atoms with van der Waals surface area (Å²) in [4.78, 5) is 0. The summed E-state index contributed by atoms with van der Waals surface area (Å²) >= 11 is 0. The Morgan fingerprint density at radius 2 is 1.06 bits per heavy atom. The van der Waals surface area contributed by atoms with Gasteiger partial charge in [0.2, 0.25) is 0 Å². The Bertz CT molecular complexity index is 1200. The monoisotopic (exact) mass is 436 g/mol. The van der Waals surface area contributed by atoms with Gasteiger partial charge in [0.15, 0.2) is 0 Å². The van der Waals surface area contributed by atoms with Crippen LogP contribution in [0, 0.1) is 0 Å². The third-order valence-electron chi connectivity index (χ3n) is 6.21. The van der Waals surface area contributed by atoms with E-state index in [1.54, 1.807) is 0 Å². The van der Waals surface area contributed by atoms with E-state index in [0.29, 0.717) is 6.54 Å². The van der Waals surface area contributed by atoms with Crippen LogP contribution in [-0.2, 0) is 12.7 Å². The predicted octanol–water partition coefficient (Wildman–Crippen LogP) is 5.13. The lowest BCUT2D eigenvalue weighted by atomic mass is 10.2. The standard InChI is InChI=1S/C29H27NOP/c31-21-20-30-22-24(28-18-10-11-19-29(28)30)23-32(25-12-4-1-5-13-25,26-14-6-2-7-15-26)27-16-8-3-9-17-27/h1-19,22,31H,20-21,23H2/q+1. The highest BCUT2D eigenvalue weighted by Gasteiger charge is 2.45.